The largest absolute Gasteiger partial charge is 0.347 e. The highest BCUT2D eigenvalue weighted by atomic mass is 16.7. The lowest BCUT2D eigenvalue weighted by Crippen LogP contribution is -2.41. The molecule has 1 spiro atoms. The molecule has 7 heteroatoms. The van der Waals surface area contributed by atoms with Gasteiger partial charge in [0.25, 0.3) is 0 Å². The first-order valence-corrected chi connectivity index (χ1v) is 8.76. The lowest BCUT2D eigenvalue weighted by atomic mass is 10.0. The summed E-state index contributed by atoms with van der Waals surface area (Å²) in [4.78, 5) is 16.7. The van der Waals surface area contributed by atoms with Gasteiger partial charge in [0.1, 0.15) is 0 Å². The van der Waals surface area contributed by atoms with Crippen molar-refractivity contribution in [2.75, 3.05) is 18.5 Å². The summed E-state index contributed by atoms with van der Waals surface area (Å²) in [5.41, 5.74) is 1.21. The van der Waals surface area contributed by atoms with E-state index in [1.807, 2.05) is 29.1 Å². The van der Waals surface area contributed by atoms with Gasteiger partial charge in [-0.15, -0.1) is 0 Å². The van der Waals surface area contributed by atoms with E-state index in [0.717, 1.165) is 32.2 Å². The van der Waals surface area contributed by atoms with Gasteiger partial charge in [-0.2, -0.15) is 5.10 Å². The molecule has 25 heavy (non-hydrogen) atoms. The number of carbonyl (C=O) groups excluding carboxylic acids is 1. The Kier molecular flexibility index (Phi) is 4.50. The van der Waals surface area contributed by atoms with Crippen LogP contribution in [-0.2, 0) is 27.2 Å². The molecule has 1 aliphatic carbocycles. The first-order chi connectivity index (χ1) is 12.3. The summed E-state index contributed by atoms with van der Waals surface area (Å²) in [6.07, 6.45) is 8.83. The van der Waals surface area contributed by atoms with E-state index >= 15 is 0 Å². The third kappa shape index (κ3) is 3.43. The molecule has 2 aromatic rings. The second-order valence-corrected chi connectivity index (χ2v) is 6.51. The van der Waals surface area contributed by atoms with Crippen molar-refractivity contribution in [3.8, 4) is 0 Å². The van der Waals surface area contributed by atoms with Gasteiger partial charge in [-0.05, 0) is 37.0 Å². The smallest absolute Gasteiger partial charge is 0.234 e. The molecule has 0 bridgehead atoms. The Morgan fingerprint density at radius 2 is 2.08 bits per heavy atom. The van der Waals surface area contributed by atoms with Gasteiger partial charge in [-0.3, -0.25) is 14.5 Å². The normalized spacial score (nSPS) is 21.7. The molecular weight excluding hydrogens is 320 g/mol. The van der Waals surface area contributed by atoms with Gasteiger partial charge >= 0.3 is 0 Å². The van der Waals surface area contributed by atoms with Gasteiger partial charge in [-0.25, -0.2) is 0 Å². The molecule has 1 saturated heterocycles. The molecule has 1 N–H and O–H groups in total. The molecule has 7 nitrogen and oxygen atoms in total. The van der Waals surface area contributed by atoms with Crippen molar-refractivity contribution in [1.82, 2.24) is 14.8 Å². The van der Waals surface area contributed by atoms with Crippen LogP contribution in [0, 0.1) is 5.92 Å². The molecular formula is C18H22N4O3. The van der Waals surface area contributed by atoms with Crippen LogP contribution in [0.15, 0.2) is 36.8 Å². The van der Waals surface area contributed by atoms with E-state index < -0.39 is 5.79 Å². The third-order valence-electron chi connectivity index (χ3n) is 4.91. The molecule has 2 aliphatic rings. The minimum atomic E-state index is -0.714. The number of hydrogen-bond donors (Lipinski definition) is 1. The number of aromatic nitrogens is 3. The number of rotatable bonds is 5. The summed E-state index contributed by atoms with van der Waals surface area (Å²) < 4.78 is 13.3. The van der Waals surface area contributed by atoms with Gasteiger partial charge in [0.2, 0.25) is 5.91 Å². The standard InChI is InChI=1S/C18H22N4O3/c23-17(15-2-1-7-18(15)24-12-13-25-18)20-16-6-11-22(21-16)10-5-14-3-8-19-9-4-14/h3-4,6,8-9,11,15H,1-2,5,7,10,12-13H2,(H,20,21,23)/t15-/m0/s1. The summed E-state index contributed by atoms with van der Waals surface area (Å²) in [5.74, 6) is -0.482. The molecule has 1 amide bonds. The summed E-state index contributed by atoms with van der Waals surface area (Å²) in [6.45, 7) is 1.88. The maximum atomic E-state index is 12.6. The van der Waals surface area contributed by atoms with E-state index in [1.54, 1.807) is 12.4 Å². The van der Waals surface area contributed by atoms with Crippen LogP contribution in [0.3, 0.4) is 0 Å². The Morgan fingerprint density at radius 1 is 1.28 bits per heavy atom. The summed E-state index contributed by atoms with van der Waals surface area (Å²) in [7, 11) is 0. The van der Waals surface area contributed by atoms with Crippen molar-refractivity contribution in [3.05, 3.63) is 42.4 Å². The van der Waals surface area contributed by atoms with Crippen LogP contribution >= 0.6 is 0 Å². The SMILES string of the molecule is O=C(Nc1ccn(CCc2ccncc2)n1)[C@@H]1CCCC12OCCO2. The van der Waals surface area contributed by atoms with Crippen molar-refractivity contribution >= 4 is 11.7 Å². The van der Waals surface area contributed by atoms with E-state index in [9.17, 15) is 4.79 Å². The quantitative estimate of drug-likeness (QED) is 0.899. The predicted octanol–water partition coefficient (Wildman–Crippen LogP) is 2.00. The molecule has 4 rings (SSSR count). The van der Waals surface area contributed by atoms with E-state index in [0.29, 0.717) is 19.0 Å². The van der Waals surface area contributed by atoms with Crippen LogP contribution in [0.1, 0.15) is 24.8 Å². The molecule has 2 fully saturated rings. The Hall–Kier alpha value is -2.25. The zero-order valence-electron chi connectivity index (χ0n) is 14.1. The molecule has 3 heterocycles. The van der Waals surface area contributed by atoms with Crippen molar-refractivity contribution in [1.29, 1.82) is 0 Å². The Labute approximate surface area is 146 Å². The minimum Gasteiger partial charge on any atom is -0.347 e. The lowest BCUT2D eigenvalue weighted by Gasteiger charge is -2.28. The number of amides is 1. The fourth-order valence-electron chi connectivity index (χ4n) is 3.65. The maximum absolute atomic E-state index is 12.6. The fourth-order valence-corrected chi connectivity index (χ4v) is 3.65. The zero-order chi connectivity index (χ0) is 17.1. The molecule has 1 aliphatic heterocycles. The van der Waals surface area contributed by atoms with Gasteiger partial charge in [0, 0.05) is 37.6 Å². The second-order valence-electron chi connectivity index (χ2n) is 6.51. The first-order valence-electron chi connectivity index (χ1n) is 8.76. The maximum Gasteiger partial charge on any atom is 0.234 e. The predicted molar refractivity (Wildman–Crippen MR) is 90.8 cm³/mol. The third-order valence-corrected chi connectivity index (χ3v) is 4.91. The molecule has 2 aromatic heterocycles. The molecule has 0 unspecified atom stereocenters. The summed E-state index contributed by atoms with van der Waals surface area (Å²) in [5, 5.41) is 7.35. The molecule has 0 radical (unpaired) electrons. The van der Waals surface area contributed by atoms with Crippen molar-refractivity contribution in [2.45, 2.75) is 38.0 Å². The second kappa shape index (κ2) is 6.93. The average Bonchev–Trinajstić information content (AvgIpc) is 3.37. The number of aryl methyl sites for hydroxylation is 2. The molecule has 132 valence electrons. The van der Waals surface area contributed by atoms with Crippen LogP contribution in [-0.4, -0.2) is 39.7 Å². The zero-order valence-corrected chi connectivity index (χ0v) is 14.1. The Bertz CT molecular complexity index is 719. The van der Waals surface area contributed by atoms with E-state index in [1.165, 1.54) is 5.56 Å². The fraction of sp³-hybridized carbons (Fsp3) is 0.500. The number of nitrogens with one attached hydrogen (secondary N) is 1. The van der Waals surface area contributed by atoms with Crippen molar-refractivity contribution < 1.29 is 14.3 Å². The van der Waals surface area contributed by atoms with E-state index in [4.69, 9.17) is 9.47 Å². The number of hydrogen-bond acceptors (Lipinski definition) is 5. The van der Waals surface area contributed by atoms with Gasteiger partial charge in [-0.1, -0.05) is 0 Å². The van der Waals surface area contributed by atoms with E-state index in [-0.39, 0.29) is 11.8 Å². The first kappa shape index (κ1) is 16.2. The Balaban J connectivity index is 1.35. The Morgan fingerprint density at radius 3 is 2.88 bits per heavy atom. The van der Waals surface area contributed by atoms with Gasteiger partial charge in [0.05, 0.1) is 19.1 Å². The summed E-state index contributed by atoms with van der Waals surface area (Å²) >= 11 is 0. The number of anilines is 1. The summed E-state index contributed by atoms with van der Waals surface area (Å²) in [6, 6.07) is 5.81. The molecule has 1 atom stereocenters. The molecule has 1 saturated carbocycles. The number of carbonyl (C=O) groups is 1. The topological polar surface area (TPSA) is 78.3 Å². The number of nitrogens with zero attached hydrogens (tertiary/aromatic N) is 3. The monoisotopic (exact) mass is 342 g/mol. The van der Waals surface area contributed by atoms with E-state index in [2.05, 4.69) is 15.4 Å². The highest BCUT2D eigenvalue weighted by molar-refractivity contribution is 5.92. The van der Waals surface area contributed by atoms with Crippen LogP contribution in [0.5, 0.6) is 0 Å². The van der Waals surface area contributed by atoms with Crippen molar-refractivity contribution in [2.24, 2.45) is 5.92 Å². The van der Waals surface area contributed by atoms with Gasteiger partial charge in [0.15, 0.2) is 11.6 Å². The van der Waals surface area contributed by atoms with Crippen LogP contribution in [0.4, 0.5) is 5.82 Å². The lowest BCUT2D eigenvalue weighted by molar-refractivity contribution is -0.184. The number of pyridine rings is 1. The highest BCUT2D eigenvalue weighted by Crippen LogP contribution is 2.42. The van der Waals surface area contributed by atoms with Crippen molar-refractivity contribution in [3.63, 3.8) is 0 Å². The van der Waals surface area contributed by atoms with Crippen LogP contribution in [0.2, 0.25) is 0 Å². The average molecular weight is 342 g/mol. The molecule has 0 aromatic carbocycles. The number of ether oxygens (including phenoxy) is 2. The van der Waals surface area contributed by atoms with Gasteiger partial charge < -0.3 is 14.8 Å². The minimum absolute atomic E-state index is 0.0706. The van der Waals surface area contributed by atoms with Crippen LogP contribution in [0.25, 0.3) is 0 Å². The van der Waals surface area contributed by atoms with Crippen LogP contribution < -0.4 is 5.32 Å². The highest BCUT2D eigenvalue weighted by Gasteiger charge is 2.51.